The van der Waals surface area contributed by atoms with Crippen LogP contribution in [-0.2, 0) is 0 Å². The topological polar surface area (TPSA) is 96.5 Å². The van der Waals surface area contributed by atoms with Crippen molar-refractivity contribution in [1.82, 2.24) is 24.9 Å². The molecule has 1 amide bonds. The summed E-state index contributed by atoms with van der Waals surface area (Å²) >= 11 is 7.24. The van der Waals surface area contributed by atoms with Gasteiger partial charge in [-0.3, -0.25) is 10.1 Å². The minimum absolute atomic E-state index is 0.112. The summed E-state index contributed by atoms with van der Waals surface area (Å²) in [5.74, 6) is -0.211. The summed E-state index contributed by atoms with van der Waals surface area (Å²) in [6.45, 7) is 1.82. The van der Waals surface area contributed by atoms with Crippen LogP contribution in [0.3, 0.4) is 0 Å². The second kappa shape index (κ2) is 4.56. The number of hydrogen-bond acceptors (Lipinski definition) is 6. The average molecular weight is 295 g/mol. The Balaban J connectivity index is 1.90. The second-order valence-corrected chi connectivity index (χ2v) is 5.23. The molecular formula is C10H7ClN6OS. The summed E-state index contributed by atoms with van der Waals surface area (Å²) in [6, 6.07) is 0. The molecule has 9 heteroatoms. The van der Waals surface area contributed by atoms with Crippen LogP contribution in [0.4, 0.5) is 5.95 Å². The van der Waals surface area contributed by atoms with Crippen LogP contribution in [0.15, 0.2) is 12.5 Å². The third kappa shape index (κ3) is 2.27. The van der Waals surface area contributed by atoms with E-state index in [9.17, 15) is 4.79 Å². The van der Waals surface area contributed by atoms with Gasteiger partial charge in [0.2, 0.25) is 5.95 Å². The summed E-state index contributed by atoms with van der Waals surface area (Å²) in [7, 11) is 0. The van der Waals surface area contributed by atoms with Crippen LogP contribution in [0, 0.1) is 6.92 Å². The molecular weight excluding hydrogens is 288 g/mol. The smallest absolute Gasteiger partial charge is 0.269 e. The molecule has 0 aliphatic rings. The number of rotatable bonds is 2. The number of aromatic nitrogens is 5. The normalized spacial score (nSPS) is 10.8. The van der Waals surface area contributed by atoms with E-state index in [4.69, 9.17) is 11.6 Å². The standard InChI is InChI=1S/C10H7ClN6OS/c1-4-12-2-5(19-4)9(18)17-10-15-7(11)6-8(16-10)14-3-13-6/h2-3H,1H3,(H2,13,14,15,16,17,18). The minimum Gasteiger partial charge on any atom is -0.341 e. The molecule has 7 nitrogen and oxygen atoms in total. The lowest BCUT2D eigenvalue weighted by molar-refractivity contribution is 0.102. The van der Waals surface area contributed by atoms with Crippen LogP contribution in [-0.4, -0.2) is 30.8 Å². The largest absolute Gasteiger partial charge is 0.341 e. The van der Waals surface area contributed by atoms with Gasteiger partial charge in [-0.15, -0.1) is 11.3 Å². The van der Waals surface area contributed by atoms with Gasteiger partial charge in [0.25, 0.3) is 5.91 Å². The number of carbonyl (C=O) groups is 1. The van der Waals surface area contributed by atoms with Crippen LogP contribution >= 0.6 is 22.9 Å². The van der Waals surface area contributed by atoms with E-state index in [1.54, 1.807) is 0 Å². The van der Waals surface area contributed by atoms with Crippen molar-refractivity contribution in [3.05, 3.63) is 27.6 Å². The van der Waals surface area contributed by atoms with Crippen LogP contribution in [0.1, 0.15) is 14.7 Å². The number of hydrogen-bond donors (Lipinski definition) is 2. The van der Waals surface area contributed by atoms with Crippen LogP contribution in [0.5, 0.6) is 0 Å². The van der Waals surface area contributed by atoms with E-state index in [-0.39, 0.29) is 17.0 Å². The Labute approximate surface area is 116 Å². The molecule has 0 saturated carbocycles. The first-order valence-electron chi connectivity index (χ1n) is 5.24. The van der Waals surface area contributed by atoms with E-state index >= 15 is 0 Å². The number of thiazole rings is 1. The maximum Gasteiger partial charge on any atom is 0.269 e. The third-order valence-corrected chi connectivity index (χ3v) is 3.50. The zero-order chi connectivity index (χ0) is 13.4. The van der Waals surface area contributed by atoms with Crippen molar-refractivity contribution in [3.8, 4) is 0 Å². The molecule has 0 fully saturated rings. The fourth-order valence-electron chi connectivity index (χ4n) is 1.48. The monoisotopic (exact) mass is 294 g/mol. The molecule has 3 rings (SSSR count). The van der Waals surface area contributed by atoms with Crippen molar-refractivity contribution in [2.75, 3.05) is 5.32 Å². The highest BCUT2D eigenvalue weighted by molar-refractivity contribution is 7.13. The highest BCUT2D eigenvalue weighted by Crippen LogP contribution is 2.19. The number of fused-ring (bicyclic) bond motifs is 1. The van der Waals surface area contributed by atoms with Crippen molar-refractivity contribution < 1.29 is 4.79 Å². The van der Waals surface area contributed by atoms with Gasteiger partial charge in [0.15, 0.2) is 10.8 Å². The van der Waals surface area contributed by atoms with Gasteiger partial charge in [0, 0.05) is 0 Å². The number of halogens is 1. The van der Waals surface area contributed by atoms with Gasteiger partial charge in [-0.1, -0.05) is 11.6 Å². The van der Waals surface area contributed by atoms with Gasteiger partial charge in [0.1, 0.15) is 10.4 Å². The van der Waals surface area contributed by atoms with Crippen molar-refractivity contribution in [3.63, 3.8) is 0 Å². The Hall–Kier alpha value is -2.06. The zero-order valence-electron chi connectivity index (χ0n) is 9.64. The lowest BCUT2D eigenvalue weighted by atomic mass is 10.5. The van der Waals surface area contributed by atoms with Gasteiger partial charge in [-0.25, -0.2) is 9.97 Å². The molecule has 3 heterocycles. The summed E-state index contributed by atoms with van der Waals surface area (Å²) < 4.78 is 0. The number of imidazole rings is 1. The highest BCUT2D eigenvalue weighted by Gasteiger charge is 2.13. The van der Waals surface area contributed by atoms with E-state index in [1.807, 2.05) is 6.92 Å². The number of carbonyl (C=O) groups excluding carboxylic acids is 1. The molecule has 96 valence electrons. The lowest BCUT2D eigenvalue weighted by Gasteiger charge is -2.01. The van der Waals surface area contributed by atoms with Crippen LogP contribution in [0.2, 0.25) is 5.15 Å². The maximum atomic E-state index is 11.9. The van der Waals surface area contributed by atoms with E-state index in [1.165, 1.54) is 23.9 Å². The summed E-state index contributed by atoms with van der Waals surface area (Å²) in [6.07, 6.45) is 2.97. The summed E-state index contributed by atoms with van der Waals surface area (Å²) in [4.78, 5) is 31.3. The van der Waals surface area contributed by atoms with Crippen molar-refractivity contribution in [2.24, 2.45) is 0 Å². The first kappa shape index (κ1) is 12.0. The van der Waals surface area contributed by atoms with Gasteiger partial charge in [-0.05, 0) is 6.92 Å². The summed E-state index contributed by atoms with van der Waals surface area (Å²) in [5, 5.41) is 3.58. The SMILES string of the molecule is Cc1ncc(C(=O)Nc2nc(Cl)c3[nH]cnc3n2)s1. The molecule has 0 aliphatic carbocycles. The number of nitrogens with zero attached hydrogens (tertiary/aromatic N) is 4. The van der Waals surface area contributed by atoms with Gasteiger partial charge >= 0.3 is 0 Å². The van der Waals surface area contributed by atoms with Gasteiger partial charge in [0.05, 0.1) is 17.5 Å². The van der Waals surface area contributed by atoms with E-state index in [0.717, 1.165) is 5.01 Å². The molecule has 2 N–H and O–H groups in total. The molecule has 0 atom stereocenters. The third-order valence-electron chi connectivity index (χ3n) is 2.31. The Kier molecular flexibility index (Phi) is 2.88. The Morgan fingerprint density at radius 2 is 2.26 bits per heavy atom. The molecule has 19 heavy (non-hydrogen) atoms. The van der Waals surface area contributed by atoms with Crippen LogP contribution in [0.25, 0.3) is 11.2 Å². The first-order chi connectivity index (χ1) is 9.13. The number of anilines is 1. The van der Waals surface area contributed by atoms with E-state index in [0.29, 0.717) is 16.0 Å². The van der Waals surface area contributed by atoms with E-state index < -0.39 is 0 Å². The van der Waals surface area contributed by atoms with Crippen LogP contribution < -0.4 is 5.32 Å². The molecule has 0 saturated heterocycles. The zero-order valence-corrected chi connectivity index (χ0v) is 11.2. The number of aromatic amines is 1. The van der Waals surface area contributed by atoms with Gasteiger partial charge in [-0.2, -0.15) is 9.97 Å². The molecule has 0 unspecified atom stereocenters. The predicted molar refractivity (Wildman–Crippen MR) is 71.5 cm³/mol. The molecule has 0 bridgehead atoms. The highest BCUT2D eigenvalue weighted by atomic mass is 35.5. The fourth-order valence-corrected chi connectivity index (χ4v) is 2.38. The first-order valence-corrected chi connectivity index (χ1v) is 6.43. The number of nitrogens with one attached hydrogen (secondary N) is 2. The Morgan fingerprint density at radius 3 is 3.00 bits per heavy atom. The fraction of sp³-hybridized carbons (Fsp3) is 0.100. The molecule has 0 aliphatic heterocycles. The molecule has 0 spiro atoms. The number of amides is 1. The second-order valence-electron chi connectivity index (χ2n) is 3.64. The number of H-pyrrole nitrogens is 1. The van der Waals surface area contributed by atoms with Gasteiger partial charge < -0.3 is 4.98 Å². The predicted octanol–water partition coefficient (Wildman–Crippen LogP) is 2.02. The lowest BCUT2D eigenvalue weighted by Crippen LogP contribution is -2.13. The molecule has 3 aromatic rings. The van der Waals surface area contributed by atoms with Crippen molar-refractivity contribution in [1.29, 1.82) is 0 Å². The van der Waals surface area contributed by atoms with E-state index in [2.05, 4.69) is 30.2 Å². The average Bonchev–Trinajstić information content (AvgIpc) is 2.97. The molecule has 0 radical (unpaired) electrons. The van der Waals surface area contributed by atoms with Crippen molar-refractivity contribution in [2.45, 2.75) is 6.92 Å². The minimum atomic E-state index is -0.323. The van der Waals surface area contributed by atoms with Crippen molar-refractivity contribution >= 4 is 46.0 Å². The Morgan fingerprint density at radius 1 is 1.42 bits per heavy atom. The Bertz CT molecular complexity index is 766. The summed E-state index contributed by atoms with van der Waals surface area (Å²) in [5.41, 5.74) is 0.934. The number of aryl methyl sites for hydroxylation is 1. The maximum absolute atomic E-state index is 11.9. The molecule has 0 aromatic carbocycles. The quantitative estimate of drug-likeness (QED) is 0.705. The molecule has 3 aromatic heterocycles.